The lowest BCUT2D eigenvalue weighted by molar-refractivity contribution is -0.119. The van der Waals surface area contributed by atoms with Gasteiger partial charge in [-0.05, 0) is 32.9 Å². The van der Waals surface area contributed by atoms with Gasteiger partial charge in [-0.2, -0.15) is 0 Å². The molecule has 0 aliphatic rings. The lowest BCUT2D eigenvalue weighted by Crippen LogP contribution is -2.42. The van der Waals surface area contributed by atoms with Gasteiger partial charge >= 0.3 is 0 Å². The van der Waals surface area contributed by atoms with Crippen LogP contribution < -0.4 is 11.1 Å². The van der Waals surface area contributed by atoms with E-state index in [1.165, 1.54) is 0 Å². The number of nitrogens with one attached hydrogen (secondary N) is 1. The van der Waals surface area contributed by atoms with E-state index in [0.717, 1.165) is 0 Å². The van der Waals surface area contributed by atoms with Crippen molar-refractivity contribution in [3.63, 3.8) is 0 Å². The predicted molar refractivity (Wildman–Crippen MR) is 70.0 cm³/mol. The molecule has 1 atom stereocenters. The highest BCUT2D eigenvalue weighted by atomic mass is 32.2. The first kappa shape index (κ1) is 13.7. The second-order valence-corrected chi connectivity index (χ2v) is 6.25. The van der Waals surface area contributed by atoms with Crippen LogP contribution >= 0.6 is 0 Å². The van der Waals surface area contributed by atoms with Crippen LogP contribution in [-0.2, 0) is 15.6 Å². The molecule has 0 aliphatic carbocycles. The summed E-state index contributed by atoms with van der Waals surface area (Å²) in [5.41, 5.74) is 5.84. The van der Waals surface area contributed by atoms with E-state index >= 15 is 0 Å². The van der Waals surface area contributed by atoms with Crippen molar-refractivity contribution in [1.29, 1.82) is 0 Å². The first-order valence-electron chi connectivity index (χ1n) is 5.33. The Labute approximate surface area is 104 Å². The average molecular weight is 254 g/mol. The van der Waals surface area contributed by atoms with E-state index in [2.05, 4.69) is 5.32 Å². The third kappa shape index (κ3) is 4.56. The van der Waals surface area contributed by atoms with Gasteiger partial charge in [0.2, 0.25) is 5.91 Å². The molecule has 1 unspecified atom stereocenters. The lowest BCUT2D eigenvalue weighted by atomic mass is 10.1. The molecule has 0 radical (unpaired) electrons. The maximum atomic E-state index is 11.9. The summed E-state index contributed by atoms with van der Waals surface area (Å²) in [7, 11) is -1.40. The molecule has 17 heavy (non-hydrogen) atoms. The molecule has 94 valence electrons. The highest BCUT2D eigenvalue weighted by Crippen LogP contribution is 2.15. The molecule has 0 saturated heterocycles. The number of nitrogens with two attached hydrogens (primary N) is 1. The van der Waals surface area contributed by atoms with Gasteiger partial charge in [-0.15, -0.1) is 0 Å². The third-order valence-corrected chi connectivity index (χ3v) is 3.33. The third-order valence-electron chi connectivity index (χ3n) is 1.94. The second-order valence-electron chi connectivity index (χ2n) is 4.83. The van der Waals surface area contributed by atoms with Crippen LogP contribution in [0.1, 0.15) is 20.8 Å². The fraction of sp³-hybridized carbons (Fsp3) is 0.417. The summed E-state index contributed by atoms with van der Waals surface area (Å²) < 4.78 is 11.9. The molecule has 1 aromatic carbocycles. The van der Waals surface area contributed by atoms with Crippen molar-refractivity contribution < 1.29 is 9.00 Å². The number of anilines is 1. The quantitative estimate of drug-likeness (QED) is 0.798. The van der Waals surface area contributed by atoms with Crippen molar-refractivity contribution in [3.8, 4) is 0 Å². The molecular weight excluding hydrogens is 236 g/mol. The first-order chi connectivity index (χ1) is 7.79. The van der Waals surface area contributed by atoms with Gasteiger partial charge in [0.1, 0.15) is 5.75 Å². The Kier molecular flexibility index (Phi) is 4.28. The van der Waals surface area contributed by atoms with E-state index in [-0.39, 0.29) is 17.2 Å². The van der Waals surface area contributed by atoms with Crippen molar-refractivity contribution in [2.75, 3.05) is 11.5 Å². The Morgan fingerprint density at radius 3 is 2.47 bits per heavy atom. The lowest BCUT2D eigenvalue weighted by Gasteiger charge is -2.20. The average Bonchev–Trinajstić information content (AvgIpc) is 2.14. The number of carbonyl (C=O) groups excluding carboxylic acids is 1. The standard InChI is InChI=1S/C12H18N2O2S/c1-12(2,3)14-11(15)8-17(16)10-7-5-4-6-9(10)13/h4-7H,8,13H2,1-3H3,(H,14,15). The van der Waals surface area contributed by atoms with Crippen molar-refractivity contribution in [1.82, 2.24) is 5.32 Å². The monoisotopic (exact) mass is 254 g/mol. The normalized spacial score (nSPS) is 13.1. The van der Waals surface area contributed by atoms with Crippen LogP contribution in [0.2, 0.25) is 0 Å². The number of carbonyl (C=O) groups is 1. The SMILES string of the molecule is CC(C)(C)NC(=O)CS(=O)c1ccccc1N. The molecule has 0 fully saturated rings. The largest absolute Gasteiger partial charge is 0.398 e. The van der Waals surface area contributed by atoms with Crippen LogP contribution in [0.25, 0.3) is 0 Å². The molecule has 5 heteroatoms. The van der Waals surface area contributed by atoms with Crippen LogP contribution in [0.5, 0.6) is 0 Å². The highest BCUT2D eigenvalue weighted by molar-refractivity contribution is 7.86. The predicted octanol–water partition coefficient (Wildman–Crippen LogP) is 1.29. The minimum atomic E-state index is -1.40. The summed E-state index contributed by atoms with van der Waals surface area (Å²) in [5, 5.41) is 2.77. The number of hydrogen-bond donors (Lipinski definition) is 2. The Balaban J connectivity index is 2.68. The molecule has 0 aromatic heterocycles. The topological polar surface area (TPSA) is 72.2 Å². The molecule has 0 bridgehead atoms. The van der Waals surface area contributed by atoms with Gasteiger partial charge in [0.25, 0.3) is 0 Å². The van der Waals surface area contributed by atoms with Crippen molar-refractivity contribution in [2.24, 2.45) is 0 Å². The van der Waals surface area contributed by atoms with Gasteiger partial charge in [-0.25, -0.2) is 0 Å². The number of para-hydroxylation sites is 1. The number of amides is 1. The molecule has 0 saturated carbocycles. The van der Waals surface area contributed by atoms with Crippen LogP contribution in [0, 0.1) is 0 Å². The Bertz CT molecular complexity index is 438. The molecule has 0 aliphatic heterocycles. The highest BCUT2D eigenvalue weighted by Gasteiger charge is 2.17. The van der Waals surface area contributed by atoms with Gasteiger partial charge in [0, 0.05) is 11.2 Å². The Hall–Kier alpha value is -1.36. The molecule has 0 heterocycles. The van der Waals surface area contributed by atoms with Crippen molar-refractivity contribution in [2.45, 2.75) is 31.2 Å². The Morgan fingerprint density at radius 2 is 1.94 bits per heavy atom. The fourth-order valence-corrected chi connectivity index (χ4v) is 2.37. The minimum Gasteiger partial charge on any atom is -0.398 e. The number of nitrogen functional groups attached to an aromatic ring is 1. The summed E-state index contributed by atoms with van der Waals surface area (Å²) in [6, 6.07) is 6.88. The summed E-state index contributed by atoms with van der Waals surface area (Å²) in [6.45, 7) is 5.64. The van der Waals surface area contributed by atoms with Gasteiger partial charge in [-0.3, -0.25) is 9.00 Å². The Morgan fingerprint density at radius 1 is 1.35 bits per heavy atom. The van der Waals surface area contributed by atoms with Gasteiger partial charge in [0.15, 0.2) is 0 Å². The van der Waals surface area contributed by atoms with Crippen LogP contribution in [0.3, 0.4) is 0 Å². The zero-order valence-electron chi connectivity index (χ0n) is 10.3. The first-order valence-corrected chi connectivity index (χ1v) is 6.65. The van der Waals surface area contributed by atoms with E-state index in [9.17, 15) is 9.00 Å². The van der Waals surface area contributed by atoms with E-state index in [1.54, 1.807) is 24.3 Å². The van der Waals surface area contributed by atoms with Gasteiger partial charge in [0.05, 0.1) is 15.7 Å². The minimum absolute atomic E-state index is 0.0640. The second kappa shape index (κ2) is 5.31. The molecule has 0 spiro atoms. The fourth-order valence-electron chi connectivity index (χ4n) is 1.34. The van der Waals surface area contributed by atoms with E-state index in [4.69, 9.17) is 5.73 Å². The molecule has 1 rings (SSSR count). The molecular formula is C12H18N2O2S. The smallest absolute Gasteiger partial charge is 0.233 e. The zero-order valence-corrected chi connectivity index (χ0v) is 11.1. The number of hydrogen-bond acceptors (Lipinski definition) is 3. The molecule has 1 aromatic rings. The number of rotatable bonds is 3. The maximum absolute atomic E-state index is 11.9. The summed E-state index contributed by atoms with van der Waals surface area (Å²) >= 11 is 0. The van der Waals surface area contributed by atoms with Crippen LogP contribution in [0.15, 0.2) is 29.2 Å². The number of benzene rings is 1. The van der Waals surface area contributed by atoms with Gasteiger partial charge in [-0.1, -0.05) is 12.1 Å². The van der Waals surface area contributed by atoms with Crippen molar-refractivity contribution >= 4 is 22.4 Å². The van der Waals surface area contributed by atoms with Crippen molar-refractivity contribution in [3.05, 3.63) is 24.3 Å². The molecule has 4 nitrogen and oxygen atoms in total. The van der Waals surface area contributed by atoms with E-state index in [1.807, 2.05) is 20.8 Å². The van der Waals surface area contributed by atoms with Crippen LogP contribution in [-0.4, -0.2) is 21.4 Å². The van der Waals surface area contributed by atoms with Gasteiger partial charge < -0.3 is 11.1 Å². The van der Waals surface area contributed by atoms with E-state index < -0.39 is 10.8 Å². The van der Waals surface area contributed by atoms with E-state index in [0.29, 0.717) is 10.6 Å². The van der Waals surface area contributed by atoms with Crippen LogP contribution in [0.4, 0.5) is 5.69 Å². The zero-order chi connectivity index (χ0) is 13.1. The summed E-state index contributed by atoms with van der Waals surface area (Å²) in [5.74, 6) is -0.301. The molecule has 3 N–H and O–H groups in total. The summed E-state index contributed by atoms with van der Waals surface area (Å²) in [6.07, 6.45) is 0. The molecule has 1 amide bonds. The summed E-state index contributed by atoms with van der Waals surface area (Å²) in [4.78, 5) is 12.1. The maximum Gasteiger partial charge on any atom is 0.233 e.